The zero-order valence-electron chi connectivity index (χ0n) is 8.53. The molecule has 1 rings (SSSR count). The monoisotopic (exact) mass is 202 g/mol. The molecule has 0 amide bonds. The maximum absolute atomic E-state index is 11.1. The SMILES string of the molecule is CCC(OCCCO)(C(=O)O)C1CC1. The molecule has 0 radical (unpaired) electrons. The van der Waals surface area contributed by atoms with Gasteiger partial charge in [-0.05, 0) is 31.6 Å². The third-order valence-electron chi connectivity index (χ3n) is 2.79. The van der Waals surface area contributed by atoms with Crippen molar-refractivity contribution in [2.24, 2.45) is 5.92 Å². The smallest absolute Gasteiger partial charge is 0.336 e. The second-order valence-corrected chi connectivity index (χ2v) is 3.75. The highest BCUT2D eigenvalue weighted by atomic mass is 16.5. The Morgan fingerprint density at radius 2 is 2.21 bits per heavy atom. The molecule has 0 aromatic carbocycles. The summed E-state index contributed by atoms with van der Waals surface area (Å²) < 4.78 is 5.45. The number of aliphatic carboxylic acids is 1. The van der Waals surface area contributed by atoms with Crippen LogP contribution in [0.3, 0.4) is 0 Å². The first-order valence-corrected chi connectivity index (χ1v) is 5.15. The second-order valence-electron chi connectivity index (χ2n) is 3.75. The van der Waals surface area contributed by atoms with Crippen molar-refractivity contribution in [1.29, 1.82) is 0 Å². The molecule has 0 spiro atoms. The Morgan fingerprint density at radius 1 is 1.57 bits per heavy atom. The van der Waals surface area contributed by atoms with Crippen LogP contribution in [-0.2, 0) is 9.53 Å². The molecular weight excluding hydrogens is 184 g/mol. The van der Waals surface area contributed by atoms with Crippen molar-refractivity contribution in [2.45, 2.75) is 38.2 Å². The van der Waals surface area contributed by atoms with E-state index in [0.717, 1.165) is 12.8 Å². The fraction of sp³-hybridized carbons (Fsp3) is 0.900. The van der Waals surface area contributed by atoms with E-state index < -0.39 is 11.6 Å². The summed E-state index contributed by atoms with van der Waals surface area (Å²) in [5.74, 6) is -0.691. The summed E-state index contributed by atoms with van der Waals surface area (Å²) in [5.41, 5.74) is -0.991. The average Bonchev–Trinajstić information content (AvgIpc) is 2.96. The lowest BCUT2D eigenvalue weighted by Crippen LogP contribution is -2.43. The van der Waals surface area contributed by atoms with Crippen LogP contribution in [0.4, 0.5) is 0 Å². The molecule has 0 aromatic heterocycles. The molecule has 2 N–H and O–H groups in total. The average molecular weight is 202 g/mol. The number of ether oxygens (including phenoxy) is 1. The van der Waals surface area contributed by atoms with Gasteiger partial charge in [0.1, 0.15) is 0 Å². The van der Waals surface area contributed by atoms with Gasteiger partial charge in [0.25, 0.3) is 0 Å². The zero-order valence-corrected chi connectivity index (χ0v) is 8.53. The molecule has 4 nitrogen and oxygen atoms in total. The van der Waals surface area contributed by atoms with Gasteiger partial charge < -0.3 is 14.9 Å². The third kappa shape index (κ3) is 2.25. The number of aliphatic hydroxyl groups excluding tert-OH is 1. The lowest BCUT2D eigenvalue weighted by Gasteiger charge is -2.28. The zero-order chi connectivity index (χ0) is 10.6. The van der Waals surface area contributed by atoms with Crippen LogP contribution in [0.15, 0.2) is 0 Å². The van der Waals surface area contributed by atoms with Crippen molar-refractivity contribution in [2.75, 3.05) is 13.2 Å². The Hall–Kier alpha value is -0.610. The van der Waals surface area contributed by atoms with Crippen molar-refractivity contribution in [3.05, 3.63) is 0 Å². The molecule has 1 aliphatic rings. The first kappa shape index (κ1) is 11.5. The fourth-order valence-corrected chi connectivity index (χ4v) is 1.76. The highest BCUT2D eigenvalue weighted by Gasteiger charge is 2.50. The van der Waals surface area contributed by atoms with Gasteiger partial charge in [-0.15, -0.1) is 0 Å². The van der Waals surface area contributed by atoms with Crippen molar-refractivity contribution < 1.29 is 19.7 Å². The fourth-order valence-electron chi connectivity index (χ4n) is 1.76. The van der Waals surface area contributed by atoms with Crippen LogP contribution in [0.1, 0.15) is 32.6 Å². The standard InChI is InChI=1S/C10H18O4/c1-2-10(9(12)13,8-4-5-8)14-7-3-6-11/h8,11H,2-7H2,1H3,(H,12,13). The van der Waals surface area contributed by atoms with Gasteiger partial charge in [-0.2, -0.15) is 0 Å². The second kappa shape index (κ2) is 4.75. The number of aliphatic hydroxyl groups is 1. The highest BCUT2D eigenvalue weighted by Crippen LogP contribution is 2.44. The Labute approximate surface area is 83.9 Å². The molecule has 0 saturated heterocycles. The number of carbonyl (C=O) groups is 1. The van der Waals surface area contributed by atoms with Crippen molar-refractivity contribution in [1.82, 2.24) is 0 Å². The van der Waals surface area contributed by atoms with Gasteiger partial charge in [0, 0.05) is 6.61 Å². The minimum absolute atomic E-state index is 0.0457. The predicted molar refractivity (Wildman–Crippen MR) is 51.0 cm³/mol. The van der Waals surface area contributed by atoms with Crippen LogP contribution in [0.5, 0.6) is 0 Å². The molecule has 0 aliphatic heterocycles. The number of hydrogen-bond acceptors (Lipinski definition) is 3. The number of carboxylic acid groups (broad SMARTS) is 1. The van der Waals surface area contributed by atoms with E-state index in [1.54, 1.807) is 0 Å². The first-order chi connectivity index (χ1) is 6.67. The number of carboxylic acids is 1. The molecule has 0 heterocycles. The summed E-state index contributed by atoms with van der Waals surface area (Å²) in [5, 5.41) is 17.7. The Bertz CT molecular complexity index is 200. The Balaban J connectivity index is 2.54. The van der Waals surface area contributed by atoms with E-state index >= 15 is 0 Å². The topological polar surface area (TPSA) is 66.8 Å². The summed E-state index contributed by atoms with van der Waals surface area (Å²) in [6.45, 7) is 2.21. The van der Waals surface area contributed by atoms with E-state index in [-0.39, 0.29) is 12.5 Å². The van der Waals surface area contributed by atoms with E-state index in [1.807, 2.05) is 6.92 Å². The van der Waals surface area contributed by atoms with Crippen molar-refractivity contribution in [3.8, 4) is 0 Å². The number of hydrogen-bond donors (Lipinski definition) is 2. The molecule has 14 heavy (non-hydrogen) atoms. The molecule has 0 aromatic rings. The lowest BCUT2D eigenvalue weighted by atomic mass is 9.94. The first-order valence-electron chi connectivity index (χ1n) is 5.15. The molecule has 1 fully saturated rings. The van der Waals surface area contributed by atoms with Crippen LogP contribution in [0.25, 0.3) is 0 Å². The van der Waals surface area contributed by atoms with Crippen LogP contribution in [0, 0.1) is 5.92 Å². The molecule has 0 bridgehead atoms. The molecular formula is C10H18O4. The van der Waals surface area contributed by atoms with E-state index in [9.17, 15) is 4.79 Å². The third-order valence-corrected chi connectivity index (χ3v) is 2.79. The minimum Gasteiger partial charge on any atom is -0.479 e. The van der Waals surface area contributed by atoms with E-state index in [2.05, 4.69) is 0 Å². The number of rotatable bonds is 7. The summed E-state index contributed by atoms with van der Waals surface area (Å²) in [6, 6.07) is 0. The molecule has 1 aliphatic carbocycles. The van der Waals surface area contributed by atoms with E-state index in [1.165, 1.54) is 0 Å². The molecule has 1 unspecified atom stereocenters. The summed E-state index contributed by atoms with van der Waals surface area (Å²) in [4.78, 5) is 11.1. The molecule has 4 heteroatoms. The highest BCUT2D eigenvalue weighted by molar-refractivity contribution is 5.78. The normalized spacial score (nSPS) is 20.4. The van der Waals surface area contributed by atoms with E-state index in [0.29, 0.717) is 19.4 Å². The minimum atomic E-state index is -0.991. The Kier molecular flexibility index (Phi) is 3.89. The van der Waals surface area contributed by atoms with Crippen LogP contribution < -0.4 is 0 Å². The predicted octanol–water partition coefficient (Wildman–Crippen LogP) is 1.03. The van der Waals surface area contributed by atoms with Gasteiger partial charge in [-0.3, -0.25) is 0 Å². The summed E-state index contributed by atoms with van der Waals surface area (Å²) >= 11 is 0. The van der Waals surface area contributed by atoms with Gasteiger partial charge in [0.05, 0.1) is 6.61 Å². The summed E-state index contributed by atoms with van der Waals surface area (Å²) in [7, 11) is 0. The molecule has 82 valence electrons. The van der Waals surface area contributed by atoms with Gasteiger partial charge in [-0.1, -0.05) is 6.92 Å². The molecule has 1 saturated carbocycles. The Morgan fingerprint density at radius 3 is 2.57 bits per heavy atom. The van der Waals surface area contributed by atoms with E-state index in [4.69, 9.17) is 14.9 Å². The van der Waals surface area contributed by atoms with Crippen LogP contribution >= 0.6 is 0 Å². The van der Waals surface area contributed by atoms with Crippen LogP contribution in [-0.4, -0.2) is 35.0 Å². The largest absolute Gasteiger partial charge is 0.479 e. The van der Waals surface area contributed by atoms with Gasteiger partial charge in [0.2, 0.25) is 0 Å². The molecule has 1 atom stereocenters. The summed E-state index contributed by atoms with van der Waals surface area (Å²) in [6.07, 6.45) is 2.89. The van der Waals surface area contributed by atoms with Crippen LogP contribution in [0.2, 0.25) is 0 Å². The van der Waals surface area contributed by atoms with Crippen molar-refractivity contribution in [3.63, 3.8) is 0 Å². The van der Waals surface area contributed by atoms with Gasteiger partial charge in [0.15, 0.2) is 5.60 Å². The van der Waals surface area contributed by atoms with Gasteiger partial charge >= 0.3 is 5.97 Å². The van der Waals surface area contributed by atoms with Crippen molar-refractivity contribution >= 4 is 5.97 Å². The quantitative estimate of drug-likeness (QED) is 0.605. The lowest BCUT2D eigenvalue weighted by molar-refractivity contribution is -0.170. The maximum Gasteiger partial charge on any atom is 0.336 e. The maximum atomic E-state index is 11.1. The van der Waals surface area contributed by atoms with Gasteiger partial charge in [-0.25, -0.2) is 4.79 Å².